The van der Waals surface area contributed by atoms with Gasteiger partial charge in [0, 0.05) is 0 Å². The van der Waals surface area contributed by atoms with E-state index in [-0.39, 0.29) is 16.2 Å². The van der Waals surface area contributed by atoms with Crippen molar-refractivity contribution in [1.29, 1.82) is 0 Å². The van der Waals surface area contributed by atoms with Gasteiger partial charge in [0.05, 0.1) is 11.2 Å². The number of hydrogen-bond donors (Lipinski definition) is 0. The number of fused-ring (bicyclic) bond motifs is 2. The lowest BCUT2D eigenvalue weighted by atomic mass is 9.73. The molecule has 1 heterocycles. The summed E-state index contributed by atoms with van der Waals surface area (Å²) in [5.41, 5.74) is 4.57. The summed E-state index contributed by atoms with van der Waals surface area (Å²) >= 11 is 0. The third-order valence-corrected chi connectivity index (χ3v) is 10.6. The Morgan fingerprint density at radius 3 is 1.36 bits per heavy atom. The average Bonchev–Trinajstić information content (AvgIpc) is 3.11. The Morgan fingerprint density at radius 1 is 0.548 bits per heavy atom. The maximum absolute atomic E-state index is 6.62. The highest BCUT2D eigenvalue weighted by Gasteiger charge is 2.51. The molecule has 0 unspecified atom stereocenters. The van der Waals surface area contributed by atoms with E-state index in [1.807, 2.05) is 0 Å². The zero-order valence-electron chi connectivity index (χ0n) is 28.2. The normalized spacial score (nSPS) is 17.9. The van der Waals surface area contributed by atoms with Gasteiger partial charge in [-0.2, -0.15) is 0 Å². The van der Waals surface area contributed by atoms with Crippen molar-refractivity contribution < 1.29 is 9.31 Å². The van der Waals surface area contributed by atoms with Crippen LogP contribution in [-0.4, -0.2) is 18.3 Å². The molecule has 0 spiro atoms. The Labute approximate surface area is 253 Å². The molecular formula is C39H49BO2. The van der Waals surface area contributed by atoms with E-state index in [0.717, 1.165) is 11.9 Å². The van der Waals surface area contributed by atoms with E-state index < -0.39 is 18.3 Å². The summed E-state index contributed by atoms with van der Waals surface area (Å²) in [6.07, 6.45) is 1.07. The fourth-order valence-corrected chi connectivity index (χ4v) is 6.48. The van der Waals surface area contributed by atoms with Gasteiger partial charge in [-0.05, 0) is 134 Å². The first kappa shape index (κ1) is 29.5. The lowest BCUT2D eigenvalue weighted by Crippen LogP contribution is -2.41. The topological polar surface area (TPSA) is 18.5 Å². The molecule has 0 atom stereocenters. The highest BCUT2D eigenvalue weighted by atomic mass is 16.7. The van der Waals surface area contributed by atoms with Gasteiger partial charge in [0.2, 0.25) is 0 Å². The Hall–Kier alpha value is -2.62. The summed E-state index contributed by atoms with van der Waals surface area (Å²) in [5, 5.41) is 10.6. The van der Waals surface area contributed by atoms with Gasteiger partial charge in [0.15, 0.2) is 0 Å². The molecule has 5 aromatic carbocycles. The van der Waals surface area contributed by atoms with Crippen LogP contribution in [0.4, 0.5) is 0 Å². The molecule has 220 valence electrons. The molecule has 2 nitrogen and oxygen atoms in total. The summed E-state index contributed by atoms with van der Waals surface area (Å²) in [6, 6.07) is 19.4. The molecule has 1 fully saturated rings. The van der Waals surface area contributed by atoms with Crippen molar-refractivity contribution in [3.63, 3.8) is 0 Å². The van der Waals surface area contributed by atoms with Crippen molar-refractivity contribution in [2.24, 2.45) is 0 Å². The summed E-state index contributed by atoms with van der Waals surface area (Å²) in [4.78, 5) is 0. The fraction of sp³-hybridized carbons (Fsp3) is 0.487. The van der Waals surface area contributed by atoms with Crippen molar-refractivity contribution in [3.8, 4) is 0 Å². The molecule has 5 aromatic rings. The Bertz CT molecular complexity index is 1840. The van der Waals surface area contributed by atoms with Gasteiger partial charge in [-0.25, -0.2) is 0 Å². The van der Waals surface area contributed by atoms with E-state index in [0.29, 0.717) is 0 Å². The van der Waals surface area contributed by atoms with Crippen molar-refractivity contribution in [2.45, 2.75) is 124 Å². The van der Waals surface area contributed by atoms with Gasteiger partial charge in [0.1, 0.15) is 0 Å². The maximum Gasteiger partial charge on any atom is 0.494 e. The van der Waals surface area contributed by atoms with E-state index in [1.54, 1.807) is 0 Å². The van der Waals surface area contributed by atoms with Crippen LogP contribution in [0.3, 0.4) is 0 Å². The molecule has 0 aliphatic carbocycles. The molecule has 3 heteroatoms. The minimum Gasteiger partial charge on any atom is -0.399 e. The van der Waals surface area contributed by atoms with E-state index in [4.69, 9.17) is 9.31 Å². The maximum atomic E-state index is 6.62. The van der Waals surface area contributed by atoms with Gasteiger partial charge in [-0.15, -0.1) is 0 Å². The minimum atomic E-state index is -0.409. The molecule has 0 saturated carbocycles. The van der Waals surface area contributed by atoms with Crippen LogP contribution in [0.15, 0.2) is 48.5 Å². The van der Waals surface area contributed by atoms with Gasteiger partial charge in [0.25, 0.3) is 0 Å². The Balaban J connectivity index is 1.82. The van der Waals surface area contributed by atoms with Crippen LogP contribution in [0, 0.1) is 0 Å². The lowest BCUT2D eigenvalue weighted by Gasteiger charge is -2.32. The molecule has 0 amide bonds. The number of rotatable bonds is 3. The van der Waals surface area contributed by atoms with Crippen LogP contribution in [0.25, 0.3) is 43.1 Å². The van der Waals surface area contributed by atoms with Crippen molar-refractivity contribution in [1.82, 2.24) is 0 Å². The number of benzene rings is 5. The third-order valence-electron chi connectivity index (χ3n) is 10.6. The first-order valence-corrected chi connectivity index (χ1v) is 15.8. The SMILES string of the molecule is CCC(C)(C)c1cc2cc(B3OC(C)(C)C(C)(C)O3)cc3c4cc(C(C)(C)C)cc5cc(C(C)(C)C)cc(c(c1)c23)c54. The van der Waals surface area contributed by atoms with Crippen LogP contribution in [0.1, 0.15) is 113 Å². The molecule has 42 heavy (non-hydrogen) atoms. The number of hydrogen-bond acceptors (Lipinski definition) is 2. The molecular weight excluding hydrogens is 511 g/mol. The second kappa shape index (κ2) is 8.96. The van der Waals surface area contributed by atoms with Gasteiger partial charge >= 0.3 is 7.12 Å². The van der Waals surface area contributed by atoms with E-state index >= 15 is 0 Å². The summed E-state index contributed by atoms with van der Waals surface area (Å²) in [7, 11) is -0.409. The molecule has 1 saturated heterocycles. The molecule has 0 bridgehead atoms. The van der Waals surface area contributed by atoms with Crippen LogP contribution < -0.4 is 5.46 Å². The van der Waals surface area contributed by atoms with Crippen LogP contribution >= 0.6 is 0 Å². The molecule has 1 aliphatic heterocycles. The standard InChI is InChI=1S/C39H49BO2/c1-14-37(8,9)27-17-24-18-28(40-41-38(10,11)39(12,13)42-40)22-32-30-20-26(36(5,6)7)16-23-15-25(35(2,3)4)19-29(33(23)30)31(21-27)34(24)32/h15-22H,14H2,1-13H3. The second-order valence-electron chi connectivity index (χ2n) is 16.7. The highest BCUT2D eigenvalue weighted by Crippen LogP contribution is 2.46. The summed E-state index contributed by atoms with van der Waals surface area (Å²) in [5.74, 6) is 0. The second-order valence-corrected chi connectivity index (χ2v) is 16.7. The van der Waals surface area contributed by atoms with Crippen molar-refractivity contribution in [3.05, 3.63) is 65.2 Å². The predicted octanol–water partition coefficient (Wildman–Crippen LogP) is 10.3. The van der Waals surface area contributed by atoms with Gasteiger partial charge in [-0.3, -0.25) is 0 Å². The highest BCUT2D eigenvalue weighted by molar-refractivity contribution is 6.63. The summed E-state index contributed by atoms with van der Waals surface area (Å²) in [6.45, 7) is 29.5. The lowest BCUT2D eigenvalue weighted by molar-refractivity contribution is 0.00578. The molecule has 0 aromatic heterocycles. The van der Waals surface area contributed by atoms with Gasteiger partial charge in [-0.1, -0.05) is 92.6 Å². The van der Waals surface area contributed by atoms with Gasteiger partial charge < -0.3 is 9.31 Å². The zero-order valence-corrected chi connectivity index (χ0v) is 28.2. The molecule has 0 N–H and O–H groups in total. The smallest absolute Gasteiger partial charge is 0.399 e. The minimum absolute atomic E-state index is 0.0281. The van der Waals surface area contributed by atoms with Crippen LogP contribution in [-0.2, 0) is 25.6 Å². The van der Waals surface area contributed by atoms with Crippen molar-refractivity contribution >= 4 is 55.7 Å². The molecule has 1 aliphatic rings. The van der Waals surface area contributed by atoms with Crippen molar-refractivity contribution in [2.75, 3.05) is 0 Å². The van der Waals surface area contributed by atoms with Crippen LogP contribution in [0.5, 0.6) is 0 Å². The zero-order chi connectivity index (χ0) is 30.8. The average molecular weight is 561 g/mol. The Kier molecular flexibility index (Phi) is 6.28. The van der Waals surface area contributed by atoms with E-state index in [9.17, 15) is 0 Å². The third kappa shape index (κ3) is 4.46. The fourth-order valence-electron chi connectivity index (χ4n) is 6.48. The van der Waals surface area contributed by atoms with Crippen LogP contribution in [0.2, 0.25) is 0 Å². The first-order valence-electron chi connectivity index (χ1n) is 15.8. The molecule has 6 rings (SSSR count). The summed E-state index contributed by atoms with van der Waals surface area (Å²) < 4.78 is 13.2. The van der Waals surface area contributed by atoms with E-state index in [1.165, 1.54) is 59.8 Å². The predicted molar refractivity (Wildman–Crippen MR) is 184 cm³/mol. The largest absolute Gasteiger partial charge is 0.494 e. The first-order chi connectivity index (χ1) is 19.2. The van der Waals surface area contributed by atoms with E-state index in [2.05, 4.69) is 139 Å². The Morgan fingerprint density at radius 2 is 0.929 bits per heavy atom. The molecule has 0 radical (unpaired) electrons. The quantitative estimate of drug-likeness (QED) is 0.124. The monoisotopic (exact) mass is 560 g/mol.